The van der Waals surface area contributed by atoms with E-state index in [0.717, 1.165) is 75.3 Å². The molecule has 14 heteroatoms. The van der Waals surface area contributed by atoms with E-state index >= 15 is 0 Å². The largest absolute Gasteiger partial charge is 0.358 e. The van der Waals surface area contributed by atoms with Crippen molar-refractivity contribution in [3.63, 3.8) is 0 Å². The summed E-state index contributed by atoms with van der Waals surface area (Å²) in [6.07, 6.45) is 12.5. The molecule has 2 aliphatic heterocycles. The number of aromatic nitrogens is 8. The number of rotatable bonds is 12. The molecule has 10 heterocycles. The highest BCUT2D eigenvalue weighted by atomic mass is 28.3. The van der Waals surface area contributed by atoms with Gasteiger partial charge in [0.2, 0.25) is 0 Å². The van der Waals surface area contributed by atoms with Crippen LogP contribution in [0.15, 0.2) is 110 Å². The van der Waals surface area contributed by atoms with E-state index in [2.05, 4.69) is 228 Å². The van der Waals surface area contributed by atoms with Crippen molar-refractivity contribution in [2.75, 3.05) is 72.0 Å². The topological polar surface area (TPSA) is 83.2 Å². The Labute approximate surface area is 406 Å². The molecule has 68 heavy (non-hydrogen) atoms. The molecule has 2 saturated heterocycles. The normalized spacial score (nSPS) is 15.6. The monoisotopic (exact) mass is 949 g/mol. The van der Waals surface area contributed by atoms with Gasteiger partial charge in [0.25, 0.3) is 0 Å². The summed E-state index contributed by atoms with van der Waals surface area (Å²) >= 11 is 0. The van der Waals surface area contributed by atoms with Crippen molar-refractivity contribution in [3.05, 3.63) is 110 Å². The van der Waals surface area contributed by atoms with Gasteiger partial charge in [-0.1, -0.05) is 95.2 Å². The first-order valence-electron chi connectivity index (χ1n) is 25.5. The van der Waals surface area contributed by atoms with Gasteiger partial charge < -0.3 is 28.1 Å². The fourth-order valence-electron chi connectivity index (χ4n) is 13.4. The van der Waals surface area contributed by atoms with Crippen LogP contribution in [0.25, 0.3) is 33.4 Å². The molecule has 2 aliphatic rings. The first-order valence-corrected chi connectivity index (χ1v) is 29.8. The average Bonchev–Trinajstić information content (AvgIpc) is 4.16. The van der Waals surface area contributed by atoms with Crippen LogP contribution >= 0.6 is 0 Å². The van der Waals surface area contributed by atoms with Gasteiger partial charge in [0.15, 0.2) is 16.5 Å². The lowest BCUT2D eigenvalue weighted by molar-refractivity contribution is 0.639. The summed E-state index contributed by atoms with van der Waals surface area (Å²) in [7, 11) is -3.69. The highest BCUT2D eigenvalue weighted by Crippen LogP contribution is 2.45. The van der Waals surface area contributed by atoms with Crippen molar-refractivity contribution in [1.82, 2.24) is 37.2 Å². The highest BCUT2D eigenvalue weighted by Gasteiger charge is 2.47. The minimum Gasteiger partial charge on any atom is -0.358 e. The molecule has 0 radical (unpaired) electrons. The van der Waals surface area contributed by atoms with Gasteiger partial charge in [0.1, 0.15) is 45.9 Å². The summed E-state index contributed by atoms with van der Waals surface area (Å²) < 4.78 is 9.62. The molecule has 0 spiro atoms. The van der Waals surface area contributed by atoms with E-state index in [9.17, 15) is 0 Å². The van der Waals surface area contributed by atoms with Crippen LogP contribution in [0.3, 0.4) is 0 Å². The molecule has 0 bridgehead atoms. The zero-order valence-electron chi connectivity index (χ0n) is 42.9. The van der Waals surface area contributed by atoms with E-state index in [1.165, 1.54) is 33.7 Å². The lowest BCUT2D eigenvalue weighted by Gasteiger charge is -2.44. The van der Waals surface area contributed by atoms with Gasteiger partial charge in [-0.15, -0.1) is 0 Å². The average molecular weight is 949 g/mol. The standard InChI is InChI=1S/2C27H38N6Si/c2*1-20(2)34(21(3)4,22(5)6)33-14-12-23-10-11-25(29-27(23)33)30-16-18-31(19-17-30)26-9-7-8-24-28-13-15-32(24)26/h2*7-15,20-22H,16-19H2,1-6H3. The van der Waals surface area contributed by atoms with Gasteiger partial charge in [-0.2, -0.15) is 0 Å². The van der Waals surface area contributed by atoms with Crippen LogP contribution in [-0.4, -0.2) is 106 Å². The van der Waals surface area contributed by atoms with Crippen LogP contribution in [0.2, 0.25) is 33.2 Å². The third-order valence-electron chi connectivity index (χ3n) is 16.1. The van der Waals surface area contributed by atoms with Crippen molar-refractivity contribution >= 4 is 73.1 Å². The fourth-order valence-corrected chi connectivity index (χ4v) is 26.4. The number of fused-ring (bicyclic) bond motifs is 4. The summed E-state index contributed by atoms with van der Waals surface area (Å²) in [6.45, 7) is 36.8. The van der Waals surface area contributed by atoms with Crippen LogP contribution in [0.4, 0.5) is 23.3 Å². The van der Waals surface area contributed by atoms with Gasteiger partial charge in [0.05, 0.1) is 0 Å². The highest BCUT2D eigenvalue weighted by molar-refractivity contribution is 6.83. The zero-order chi connectivity index (χ0) is 48.1. The van der Waals surface area contributed by atoms with Gasteiger partial charge in [0, 0.05) is 87.9 Å². The molecule has 0 aromatic carbocycles. The first-order chi connectivity index (χ1) is 32.7. The first kappa shape index (κ1) is 47.5. The van der Waals surface area contributed by atoms with E-state index in [0.29, 0.717) is 33.2 Å². The van der Waals surface area contributed by atoms with E-state index in [4.69, 9.17) is 9.97 Å². The number of hydrogen-bond donors (Lipinski definition) is 0. The number of imidazole rings is 2. The minimum absolute atomic E-state index is 0.642. The summed E-state index contributed by atoms with van der Waals surface area (Å²) in [5.41, 5.74) is 8.20. The maximum atomic E-state index is 5.30. The molecule has 2 fully saturated rings. The fraction of sp³-hybridized carbons (Fsp3) is 0.481. The Morgan fingerprint density at radius 1 is 0.382 bits per heavy atom. The predicted molar refractivity (Wildman–Crippen MR) is 292 cm³/mol. The summed E-state index contributed by atoms with van der Waals surface area (Å²) in [5.74, 6) is 4.64. The molecule has 0 aliphatic carbocycles. The third kappa shape index (κ3) is 8.08. The van der Waals surface area contributed by atoms with E-state index in [1.807, 2.05) is 12.4 Å². The van der Waals surface area contributed by atoms with Crippen LogP contribution in [0.1, 0.15) is 83.1 Å². The molecular formula is C54H76N12Si2. The molecule has 8 aromatic rings. The lowest BCUT2D eigenvalue weighted by atomic mass is 10.2. The number of nitrogens with zero attached hydrogens (tertiary/aromatic N) is 12. The Kier molecular flexibility index (Phi) is 13.3. The SMILES string of the molecule is CC(C)[Si](C(C)C)(C(C)C)n1ccc2ccc(N3CCN(c4cccc5nccn45)CC3)nc21.CC(C)[Si](C(C)C)(C(C)C)n1ccc2ccc(N3CCN(c4cccc5nccn45)CC3)nc21. The van der Waals surface area contributed by atoms with Crippen LogP contribution in [-0.2, 0) is 0 Å². The lowest BCUT2D eigenvalue weighted by Crippen LogP contribution is -2.51. The Morgan fingerprint density at radius 3 is 1.06 bits per heavy atom. The molecular weight excluding hydrogens is 873 g/mol. The van der Waals surface area contributed by atoms with Crippen molar-refractivity contribution in [2.45, 2.75) is 116 Å². The van der Waals surface area contributed by atoms with E-state index < -0.39 is 16.5 Å². The molecule has 8 aromatic heterocycles. The summed E-state index contributed by atoms with van der Waals surface area (Å²) in [5, 5.41) is 2.51. The maximum absolute atomic E-state index is 5.30. The van der Waals surface area contributed by atoms with Crippen molar-refractivity contribution < 1.29 is 0 Å². The number of piperazine rings is 2. The quantitative estimate of drug-likeness (QED) is 0.112. The molecule has 0 amide bonds. The molecule has 0 N–H and O–H groups in total. The summed E-state index contributed by atoms with van der Waals surface area (Å²) in [6, 6.07) is 26.2. The second-order valence-corrected chi connectivity index (χ2v) is 32.7. The molecule has 12 nitrogen and oxygen atoms in total. The zero-order valence-corrected chi connectivity index (χ0v) is 44.9. The second-order valence-electron chi connectivity index (χ2n) is 21.3. The predicted octanol–water partition coefficient (Wildman–Crippen LogP) is 12.1. The van der Waals surface area contributed by atoms with Gasteiger partial charge in [-0.3, -0.25) is 8.80 Å². The number of pyridine rings is 4. The third-order valence-corrected chi connectivity index (χ3v) is 29.6. The molecule has 10 rings (SSSR count). The molecule has 0 saturated carbocycles. The van der Waals surface area contributed by atoms with Gasteiger partial charge in [-0.25, -0.2) is 19.9 Å². The molecule has 0 atom stereocenters. The minimum atomic E-state index is -1.84. The smallest absolute Gasteiger partial charge is 0.171 e. The van der Waals surface area contributed by atoms with Crippen LogP contribution in [0, 0.1) is 0 Å². The van der Waals surface area contributed by atoms with Crippen LogP contribution in [0.5, 0.6) is 0 Å². The molecule has 0 unspecified atom stereocenters. The van der Waals surface area contributed by atoms with Crippen molar-refractivity contribution in [2.24, 2.45) is 0 Å². The van der Waals surface area contributed by atoms with Gasteiger partial charge in [-0.05, 0) is 106 Å². The maximum Gasteiger partial charge on any atom is 0.171 e. The molecule has 360 valence electrons. The number of hydrogen-bond acceptors (Lipinski definition) is 8. The Bertz CT molecular complexity index is 2710. The van der Waals surface area contributed by atoms with E-state index in [-0.39, 0.29) is 0 Å². The van der Waals surface area contributed by atoms with E-state index in [1.54, 1.807) is 0 Å². The second kappa shape index (κ2) is 19.1. The van der Waals surface area contributed by atoms with Crippen LogP contribution < -0.4 is 19.6 Å². The van der Waals surface area contributed by atoms with Gasteiger partial charge >= 0.3 is 0 Å². The van der Waals surface area contributed by atoms with Crippen molar-refractivity contribution in [1.29, 1.82) is 0 Å². The summed E-state index contributed by atoms with van der Waals surface area (Å²) in [4.78, 5) is 29.3. The Morgan fingerprint density at radius 2 is 0.721 bits per heavy atom. The Hall–Kier alpha value is -5.61. The van der Waals surface area contributed by atoms with Crippen molar-refractivity contribution in [3.8, 4) is 0 Å². The Balaban J connectivity index is 0.000000170. The number of anilines is 4.